The Morgan fingerprint density at radius 1 is 0.923 bits per heavy atom. The third-order valence-electron chi connectivity index (χ3n) is 8.60. The molecule has 0 aromatic heterocycles. The lowest BCUT2D eigenvalue weighted by atomic mass is 9.83. The summed E-state index contributed by atoms with van der Waals surface area (Å²) in [7, 11) is 1.66. The third kappa shape index (κ3) is 8.18. The Hall–Kier alpha value is -2.65. The molecule has 3 aliphatic rings. The molecular weight excluding hydrogens is 496 g/mol. The van der Waals surface area contributed by atoms with Gasteiger partial charge in [0.25, 0.3) is 0 Å². The molecule has 0 unspecified atom stereocenters. The van der Waals surface area contributed by atoms with E-state index in [0.717, 1.165) is 44.1 Å². The highest BCUT2D eigenvalue weighted by Gasteiger charge is 2.40. The number of nitrogens with zero attached hydrogens (tertiary/aromatic N) is 1. The van der Waals surface area contributed by atoms with Crippen molar-refractivity contribution in [1.29, 1.82) is 0 Å². The first kappa shape index (κ1) is 29.3. The van der Waals surface area contributed by atoms with E-state index in [2.05, 4.69) is 22.9 Å². The van der Waals surface area contributed by atoms with Gasteiger partial charge in [0.05, 0.1) is 18.2 Å². The number of rotatable bonds is 3. The number of hydrogen-bond acceptors (Lipinski definition) is 6. The second kappa shape index (κ2) is 13.6. The fourth-order valence-electron chi connectivity index (χ4n) is 5.86. The highest BCUT2D eigenvalue weighted by molar-refractivity contribution is 5.93. The average molecular weight is 543 g/mol. The molecule has 0 spiro atoms. The molecule has 1 saturated heterocycles. The minimum Gasteiger partial charge on any atom is -0.508 e. The van der Waals surface area contributed by atoms with Gasteiger partial charge in [-0.3, -0.25) is 14.4 Å². The van der Waals surface area contributed by atoms with Crippen LogP contribution in [-0.2, 0) is 25.5 Å². The third-order valence-corrected chi connectivity index (χ3v) is 8.60. The monoisotopic (exact) mass is 542 g/mol. The van der Waals surface area contributed by atoms with Crippen molar-refractivity contribution in [3.8, 4) is 5.75 Å². The summed E-state index contributed by atoms with van der Waals surface area (Å²) < 4.78 is 6.50. The molecular formula is C30H46N4O5. The van der Waals surface area contributed by atoms with E-state index in [1.807, 2.05) is 0 Å². The Morgan fingerprint density at radius 2 is 1.62 bits per heavy atom. The molecule has 3 fully saturated rings. The number of phenols is 1. The lowest BCUT2D eigenvalue weighted by Crippen LogP contribution is -2.57. The number of carbonyl (C=O) groups is 3. The van der Waals surface area contributed by atoms with Gasteiger partial charge in [-0.15, -0.1) is 0 Å². The average Bonchev–Trinajstić information content (AvgIpc) is 3.76. The van der Waals surface area contributed by atoms with Crippen LogP contribution in [-0.4, -0.2) is 78.2 Å². The normalized spacial score (nSPS) is 32.4. The molecule has 2 aliphatic carbocycles. The van der Waals surface area contributed by atoms with Crippen molar-refractivity contribution in [1.82, 2.24) is 20.9 Å². The van der Waals surface area contributed by atoms with E-state index in [-0.39, 0.29) is 54.1 Å². The van der Waals surface area contributed by atoms with Crippen molar-refractivity contribution in [2.24, 2.45) is 11.8 Å². The second-order valence-corrected chi connectivity index (χ2v) is 11.7. The Labute approximate surface area is 232 Å². The summed E-state index contributed by atoms with van der Waals surface area (Å²) in [6.07, 6.45) is 8.82. The number of likely N-dealkylation sites (N-methyl/N-ethyl adjacent to an activating group) is 1. The number of phenolic OH excluding ortho intramolecular Hbond substituents is 1. The van der Waals surface area contributed by atoms with Crippen LogP contribution in [0.2, 0.25) is 0 Å². The molecule has 4 N–H and O–H groups in total. The smallest absolute Gasteiger partial charge is 0.243 e. The maximum absolute atomic E-state index is 13.5. The van der Waals surface area contributed by atoms with Crippen molar-refractivity contribution in [3.63, 3.8) is 0 Å². The fraction of sp³-hybridized carbons (Fsp3) is 0.700. The number of fused-ring (bicyclic) bond motifs is 1. The number of amides is 3. The van der Waals surface area contributed by atoms with Gasteiger partial charge >= 0.3 is 0 Å². The Morgan fingerprint density at radius 3 is 2.33 bits per heavy atom. The van der Waals surface area contributed by atoms with Crippen LogP contribution in [0.5, 0.6) is 5.75 Å². The summed E-state index contributed by atoms with van der Waals surface area (Å²) in [6, 6.07) is 4.74. The van der Waals surface area contributed by atoms with E-state index >= 15 is 0 Å². The summed E-state index contributed by atoms with van der Waals surface area (Å²) in [4.78, 5) is 41.6. The second-order valence-electron chi connectivity index (χ2n) is 11.7. The lowest BCUT2D eigenvalue weighted by molar-refractivity contribution is -0.141. The highest BCUT2D eigenvalue weighted by Crippen LogP contribution is 2.34. The quantitative estimate of drug-likeness (QED) is 0.466. The molecule has 3 amide bonds. The van der Waals surface area contributed by atoms with E-state index in [9.17, 15) is 19.5 Å². The van der Waals surface area contributed by atoms with E-state index in [0.29, 0.717) is 19.0 Å². The molecule has 1 aromatic carbocycles. The maximum atomic E-state index is 13.5. The van der Waals surface area contributed by atoms with Crippen LogP contribution < -0.4 is 16.0 Å². The van der Waals surface area contributed by atoms with Gasteiger partial charge in [0.2, 0.25) is 17.7 Å². The van der Waals surface area contributed by atoms with Crippen molar-refractivity contribution < 1.29 is 24.2 Å². The molecule has 9 heteroatoms. The number of aromatic hydroxyl groups is 1. The van der Waals surface area contributed by atoms with Crippen LogP contribution in [0.3, 0.4) is 0 Å². The van der Waals surface area contributed by atoms with Crippen LogP contribution in [0.1, 0.15) is 70.8 Å². The van der Waals surface area contributed by atoms with E-state index in [1.165, 1.54) is 17.7 Å². The van der Waals surface area contributed by atoms with Crippen LogP contribution >= 0.6 is 0 Å². The van der Waals surface area contributed by atoms with Crippen molar-refractivity contribution in [3.05, 3.63) is 29.8 Å². The molecule has 2 saturated carbocycles. The van der Waals surface area contributed by atoms with Gasteiger partial charge in [-0.1, -0.05) is 25.0 Å². The largest absolute Gasteiger partial charge is 0.508 e. The molecule has 0 bridgehead atoms. The number of benzene rings is 1. The Bertz CT molecular complexity index is 982. The van der Waals surface area contributed by atoms with Crippen LogP contribution in [0.4, 0.5) is 0 Å². The first-order valence-electron chi connectivity index (χ1n) is 14.7. The zero-order chi connectivity index (χ0) is 27.9. The summed E-state index contributed by atoms with van der Waals surface area (Å²) in [5.74, 6) is 0.136. The lowest BCUT2D eigenvalue weighted by Gasteiger charge is -2.35. The standard InChI is InChI=1S/C30H46N4O5/c1-19-18-32-27(23-12-13-23)30(38)34(3)20(2)28(36)33-25(17-21-10-14-24(35)15-11-21)29(37)31-16-6-8-22-7-4-5-9-26(22)39-19/h10-11,14-15,19-20,22-23,25-27,32,35H,4-9,12-13,16-18H2,1-3H3,(H,31,37)(H,33,36)/t19-,20-,22+,25-,26+,27+/m1/s1. The van der Waals surface area contributed by atoms with Gasteiger partial charge in [-0.25, -0.2) is 0 Å². The molecule has 1 aromatic rings. The van der Waals surface area contributed by atoms with E-state index in [1.54, 1.807) is 38.2 Å². The number of nitrogens with one attached hydrogen (secondary N) is 3. The van der Waals surface area contributed by atoms with Crippen molar-refractivity contribution in [2.45, 2.75) is 102 Å². The first-order valence-corrected chi connectivity index (χ1v) is 14.7. The van der Waals surface area contributed by atoms with Crippen LogP contribution in [0.15, 0.2) is 24.3 Å². The van der Waals surface area contributed by atoms with Gasteiger partial charge in [0.1, 0.15) is 17.8 Å². The number of ether oxygens (including phenoxy) is 1. The molecule has 1 heterocycles. The summed E-state index contributed by atoms with van der Waals surface area (Å²) in [5.41, 5.74) is 0.821. The maximum Gasteiger partial charge on any atom is 0.243 e. The predicted molar refractivity (Wildman–Crippen MR) is 149 cm³/mol. The van der Waals surface area contributed by atoms with Crippen LogP contribution in [0, 0.1) is 11.8 Å². The topological polar surface area (TPSA) is 120 Å². The zero-order valence-electron chi connectivity index (χ0n) is 23.7. The van der Waals surface area contributed by atoms with Gasteiger partial charge in [-0.05, 0) is 81.9 Å². The molecule has 4 rings (SSSR count). The van der Waals surface area contributed by atoms with E-state index in [4.69, 9.17) is 4.74 Å². The van der Waals surface area contributed by atoms with Crippen molar-refractivity contribution in [2.75, 3.05) is 20.1 Å². The van der Waals surface area contributed by atoms with Gasteiger partial charge < -0.3 is 30.7 Å². The summed E-state index contributed by atoms with van der Waals surface area (Å²) >= 11 is 0. The van der Waals surface area contributed by atoms with E-state index < -0.39 is 12.1 Å². The summed E-state index contributed by atoms with van der Waals surface area (Å²) in [5, 5.41) is 19.0. The minimum absolute atomic E-state index is 0.0186. The molecule has 9 nitrogen and oxygen atoms in total. The SMILES string of the molecule is C[C@@H]1CN[C@@H](C2CC2)C(=O)N(C)[C@H](C)C(=O)N[C@H](Cc2ccc(O)cc2)C(=O)NCCC[C@@H]2CCCC[C@@H]2O1. The van der Waals surface area contributed by atoms with Crippen molar-refractivity contribution >= 4 is 17.7 Å². The Balaban J connectivity index is 1.52. The molecule has 1 aliphatic heterocycles. The van der Waals surface area contributed by atoms with Gasteiger partial charge in [0, 0.05) is 26.6 Å². The highest BCUT2D eigenvalue weighted by atomic mass is 16.5. The first-order chi connectivity index (χ1) is 18.7. The molecule has 216 valence electrons. The zero-order valence-corrected chi connectivity index (χ0v) is 23.7. The minimum atomic E-state index is -0.796. The number of carbonyl (C=O) groups excluding carboxylic acids is 3. The number of hydrogen-bond donors (Lipinski definition) is 4. The molecule has 0 radical (unpaired) electrons. The molecule has 39 heavy (non-hydrogen) atoms. The predicted octanol–water partition coefficient (Wildman–Crippen LogP) is 2.51. The summed E-state index contributed by atoms with van der Waals surface area (Å²) in [6.45, 7) is 4.88. The van der Waals surface area contributed by atoms with Gasteiger partial charge in [0.15, 0.2) is 0 Å². The molecule has 6 atom stereocenters. The Kier molecular flexibility index (Phi) is 10.2. The van der Waals surface area contributed by atoms with Gasteiger partial charge in [-0.2, -0.15) is 0 Å². The van der Waals surface area contributed by atoms with Crippen LogP contribution in [0.25, 0.3) is 0 Å². The fourth-order valence-corrected chi connectivity index (χ4v) is 5.86.